The Hall–Kier alpha value is -2.62. The smallest absolute Gasteiger partial charge is 0.251 e. The molecule has 25 heavy (non-hydrogen) atoms. The molecule has 1 aliphatic heterocycles. The minimum Gasteiger partial charge on any atom is -0.348 e. The normalized spacial score (nSPS) is 14.0. The predicted molar refractivity (Wildman–Crippen MR) is 99.9 cm³/mol. The van der Waals surface area contributed by atoms with Gasteiger partial charge in [-0.25, -0.2) is 0 Å². The Labute approximate surface area is 148 Å². The topological polar surface area (TPSA) is 49.4 Å². The molecule has 1 aliphatic rings. The summed E-state index contributed by atoms with van der Waals surface area (Å²) in [5.74, 6) is 0.107. The van der Waals surface area contributed by atoms with E-state index in [0.29, 0.717) is 18.5 Å². The molecule has 0 atom stereocenters. The number of hydrogen-bond acceptors (Lipinski definition) is 2. The van der Waals surface area contributed by atoms with E-state index in [1.807, 2.05) is 55.1 Å². The van der Waals surface area contributed by atoms with Crippen LogP contribution in [0.3, 0.4) is 0 Å². The highest BCUT2D eigenvalue weighted by Gasteiger charge is 2.21. The van der Waals surface area contributed by atoms with Gasteiger partial charge in [-0.1, -0.05) is 18.2 Å². The van der Waals surface area contributed by atoms with E-state index < -0.39 is 0 Å². The third-order valence-electron chi connectivity index (χ3n) is 4.83. The van der Waals surface area contributed by atoms with Crippen molar-refractivity contribution in [1.82, 2.24) is 5.32 Å². The number of hydrogen-bond donors (Lipinski definition) is 1. The van der Waals surface area contributed by atoms with E-state index in [1.165, 1.54) is 5.56 Å². The van der Waals surface area contributed by atoms with Crippen molar-refractivity contribution in [3.63, 3.8) is 0 Å². The van der Waals surface area contributed by atoms with E-state index in [9.17, 15) is 9.59 Å². The van der Waals surface area contributed by atoms with Crippen LogP contribution in [0.15, 0.2) is 36.4 Å². The maximum atomic E-state index is 12.5. The van der Waals surface area contributed by atoms with Crippen molar-refractivity contribution >= 4 is 17.5 Å². The molecule has 0 aromatic heterocycles. The number of aryl methyl sites for hydroxylation is 3. The summed E-state index contributed by atoms with van der Waals surface area (Å²) in [5, 5.41) is 2.99. The molecule has 0 bridgehead atoms. The number of nitrogens with zero attached hydrogens (tertiary/aromatic N) is 1. The van der Waals surface area contributed by atoms with Crippen LogP contribution in [-0.4, -0.2) is 18.4 Å². The van der Waals surface area contributed by atoms with Crippen molar-refractivity contribution in [3.05, 3.63) is 64.2 Å². The van der Waals surface area contributed by atoms with Crippen molar-refractivity contribution in [1.29, 1.82) is 0 Å². The van der Waals surface area contributed by atoms with Gasteiger partial charge in [0.15, 0.2) is 0 Å². The molecule has 0 aliphatic carbocycles. The maximum Gasteiger partial charge on any atom is 0.251 e. The summed E-state index contributed by atoms with van der Waals surface area (Å²) in [6.45, 7) is 7.25. The zero-order valence-corrected chi connectivity index (χ0v) is 15.1. The van der Waals surface area contributed by atoms with Crippen molar-refractivity contribution in [2.75, 3.05) is 11.4 Å². The minimum atomic E-state index is -0.0664. The Kier molecular flexibility index (Phi) is 4.88. The van der Waals surface area contributed by atoms with E-state index in [4.69, 9.17) is 0 Å². The quantitative estimate of drug-likeness (QED) is 0.926. The zero-order chi connectivity index (χ0) is 18.0. The van der Waals surface area contributed by atoms with Crippen molar-refractivity contribution in [3.8, 4) is 0 Å². The molecular formula is C21H24N2O2. The lowest BCUT2D eigenvalue weighted by Crippen LogP contribution is -2.25. The third kappa shape index (κ3) is 3.73. The fraction of sp³-hybridized carbons (Fsp3) is 0.333. The summed E-state index contributed by atoms with van der Waals surface area (Å²) < 4.78 is 0. The number of carbonyl (C=O) groups is 2. The van der Waals surface area contributed by atoms with Gasteiger partial charge in [0.1, 0.15) is 0 Å². The summed E-state index contributed by atoms with van der Waals surface area (Å²) in [6.07, 6.45) is 1.53. The van der Waals surface area contributed by atoms with Crippen LogP contribution in [-0.2, 0) is 11.3 Å². The van der Waals surface area contributed by atoms with Gasteiger partial charge in [0.2, 0.25) is 5.91 Å². The lowest BCUT2D eigenvalue weighted by atomic mass is 10.0. The Bertz CT molecular complexity index is 827. The first-order chi connectivity index (χ1) is 12.0. The van der Waals surface area contributed by atoms with Gasteiger partial charge in [-0.2, -0.15) is 0 Å². The summed E-state index contributed by atoms with van der Waals surface area (Å²) in [5.41, 5.74) is 5.91. The van der Waals surface area contributed by atoms with Gasteiger partial charge in [0, 0.05) is 30.8 Å². The Balaban J connectivity index is 1.70. The van der Waals surface area contributed by atoms with Crippen LogP contribution >= 0.6 is 0 Å². The van der Waals surface area contributed by atoms with Crippen molar-refractivity contribution in [2.24, 2.45) is 0 Å². The van der Waals surface area contributed by atoms with E-state index in [1.54, 1.807) is 0 Å². The second-order valence-electron chi connectivity index (χ2n) is 6.75. The zero-order valence-electron chi connectivity index (χ0n) is 15.1. The van der Waals surface area contributed by atoms with E-state index in [-0.39, 0.29) is 11.8 Å². The van der Waals surface area contributed by atoms with Crippen LogP contribution in [0.2, 0.25) is 0 Å². The van der Waals surface area contributed by atoms with Crippen LogP contribution in [0.5, 0.6) is 0 Å². The number of benzene rings is 2. The van der Waals surface area contributed by atoms with E-state index in [2.05, 4.69) is 12.2 Å². The molecule has 2 amide bonds. The van der Waals surface area contributed by atoms with Crippen LogP contribution in [0, 0.1) is 20.8 Å². The number of amides is 2. The average Bonchev–Trinajstić information content (AvgIpc) is 3.02. The monoisotopic (exact) mass is 336 g/mol. The molecule has 4 heteroatoms. The molecule has 0 unspecified atom stereocenters. The lowest BCUT2D eigenvalue weighted by Gasteiger charge is -2.17. The van der Waals surface area contributed by atoms with Crippen LogP contribution in [0.1, 0.15) is 45.5 Å². The summed E-state index contributed by atoms with van der Waals surface area (Å²) >= 11 is 0. The second-order valence-corrected chi connectivity index (χ2v) is 6.75. The van der Waals surface area contributed by atoms with Crippen LogP contribution < -0.4 is 10.2 Å². The van der Waals surface area contributed by atoms with E-state index in [0.717, 1.165) is 35.3 Å². The molecular weight excluding hydrogens is 312 g/mol. The van der Waals surface area contributed by atoms with Gasteiger partial charge in [0.05, 0.1) is 0 Å². The molecule has 2 aromatic carbocycles. The molecule has 1 saturated heterocycles. The maximum absolute atomic E-state index is 12.5. The third-order valence-corrected chi connectivity index (χ3v) is 4.83. The fourth-order valence-electron chi connectivity index (χ4n) is 3.24. The standard InChI is InChI=1S/C21H24N2O2/c1-14-10-16(3)19(11-15(14)2)21(25)22-13-17-6-4-7-18(12-17)23-9-5-8-20(23)24/h4,6-7,10-12H,5,8-9,13H2,1-3H3,(H,22,25). The number of carbonyl (C=O) groups excluding carboxylic acids is 2. The van der Waals surface area contributed by atoms with Gasteiger partial charge in [-0.15, -0.1) is 0 Å². The molecule has 2 aromatic rings. The average molecular weight is 336 g/mol. The lowest BCUT2D eigenvalue weighted by molar-refractivity contribution is -0.117. The van der Waals surface area contributed by atoms with Gasteiger partial charge < -0.3 is 10.2 Å². The predicted octanol–water partition coefficient (Wildman–Crippen LogP) is 3.67. The fourth-order valence-corrected chi connectivity index (χ4v) is 3.24. The number of anilines is 1. The minimum absolute atomic E-state index is 0.0664. The Morgan fingerprint density at radius 2 is 1.84 bits per heavy atom. The summed E-state index contributed by atoms with van der Waals surface area (Å²) in [6, 6.07) is 11.8. The molecule has 1 fully saturated rings. The van der Waals surface area contributed by atoms with Crippen LogP contribution in [0.25, 0.3) is 0 Å². The largest absolute Gasteiger partial charge is 0.348 e. The molecule has 1 N–H and O–H groups in total. The second kappa shape index (κ2) is 7.09. The Morgan fingerprint density at radius 1 is 1.08 bits per heavy atom. The van der Waals surface area contributed by atoms with Crippen LogP contribution in [0.4, 0.5) is 5.69 Å². The first kappa shape index (κ1) is 17.2. The molecule has 0 spiro atoms. The first-order valence-electron chi connectivity index (χ1n) is 8.71. The SMILES string of the molecule is Cc1cc(C)c(C(=O)NCc2cccc(N3CCCC3=O)c2)cc1C. The van der Waals surface area contributed by atoms with Gasteiger partial charge in [-0.05, 0) is 67.6 Å². The molecule has 0 saturated carbocycles. The summed E-state index contributed by atoms with van der Waals surface area (Å²) in [7, 11) is 0. The van der Waals surface area contributed by atoms with Gasteiger partial charge >= 0.3 is 0 Å². The van der Waals surface area contributed by atoms with Gasteiger partial charge in [-0.3, -0.25) is 9.59 Å². The number of nitrogens with one attached hydrogen (secondary N) is 1. The van der Waals surface area contributed by atoms with Gasteiger partial charge in [0.25, 0.3) is 5.91 Å². The molecule has 0 radical (unpaired) electrons. The Morgan fingerprint density at radius 3 is 2.56 bits per heavy atom. The highest BCUT2D eigenvalue weighted by atomic mass is 16.2. The van der Waals surface area contributed by atoms with Crippen molar-refractivity contribution in [2.45, 2.75) is 40.2 Å². The highest BCUT2D eigenvalue weighted by Crippen LogP contribution is 2.22. The molecule has 3 rings (SSSR count). The van der Waals surface area contributed by atoms with E-state index >= 15 is 0 Å². The molecule has 1 heterocycles. The molecule has 130 valence electrons. The number of rotatable bonds is 4. The molecule has 4 nitrogen and oxygen atoms in total. The van der Waals surface area contributed by atoms with Crippen molar-refractivity contribution < 1.29 is 9.59 Å². The summed E-state index contributed by atoms with van der Waals surface area (Å²) in [4.78, 5) is 26.2. The highest BCUT2D eigenvalue weighted by molar-refractivity contribution is 5.96. The first-order valence-corrected chi connectivity index (χ1v) is 8.71.